The number of esters is 2. The number of nitrogens with zero attached hydrogens (tertiary/aromatic N) is 2. The Morgan fingerprint density at radius 2 is 1.59 bits per heavy atom. The number of hydrogen-bond acceptors (Lipinski definition) is 11. The minimum Gasteiger partial charge on any atom is -0.462 e. The van der Waals surface area contributed by atoms with Gasteiger partial charge in [0.05, 0.1) is 49.3 Å². The molecule has 0 saturated carbocycles. The standard InChI is InChI=1S/C45H77N3O8/c1-4-31-53-41(51)27-17-15-13-11-9-7-6-8-10-12-14-16-22-32-54-43(52)42-39(26-19-18-24-36(3)49)47-44(46)48-37(28-29-40(42)48)35-45(55-33-23-34-56-45)30-21-20-25-38(50)5-2/h4,20,25,36-38,40,49-50H,1,5-19,21-24,26-35H2,2-3H3,(H2,46,47)/b25-20-/t36-,37+,38+,40+/m1/s1. The van der Waals surface area contributed by atoms with Crippen molar-refractivity contribution in [2.75, 3.05) is 26.4 Å². The van der Waals surface area contributed by atoms with Gasteiger partial charge in [-0.2, -0.15) is 0 Å². The van der Waals surface area contributed by atoms with Crippen molar-refractivity contribution in [3.05, 3.63) is 36.1 Å². The van der Waals surface area contributed by atoms with E-state index in [9.17, 15) is 19.8 Å². The van der Waals surface area contributed by atoms with Gasteiger partial charge in [-0.1, -0.05) is 109 Å². The first-order valence-corrected chi connectivity index (χ1v) is 22.3. The first-order valence-electron chi connectivity index (χ1n) is 22.3. The maximum atomic E-state index is 13.9. The van der Waals surface area contributed by atoms with E-state index in [1.165, 1.54) is 51.4 Å². The summed E-state index contributed by atoms with van der Waals surface area (Å²) in [6.07, 6.45) is 28.2. The van der Waals surface area contributed by atoms with Gasteiger partial charge in [0.25, 0.3) is 0 Å². The Balaban J connectivity index is 1.43. The Bertz CT molecular complexity index is 1230. The highest BCUT2D eigenvalue weighted by atomic mass is 16.7. The lowest BCUT2D eigenvalue weighted by atomic mass is 9.97. The molecule has 0 radical (unpaired) electrons. The number of carbonyl (C=O) groups excluding carboxylic acids is 2. The van der Waals surface area contributed by atoms with Crippen molar-refractivity contribution >= 4 is 17.9 Å². The number of aliphatic imine (C=N–C) groups is 1. The van der Waals surface area contributed by atoms with Crippen molar-refractivity contribution in [2.45, 2.75) is 204 Å². The first-order chi connectivity index (χ1) is 27.2. The third-order valence-electron chi connectivity index (χ3n) is 11.3. The van der Waals surface area contributed by atoms with Crippen molar-refractivity contribution in [3.63, 3.8) is 0 Å². The number of unbranched alkanes of at least 4 members (excludes halogenated alkanes) is 13. The second-order valence-corrected chi connectivity index (χ2v) is 16.1. The van der Waals surface area contributed by atoms with E-state index in [1.54, 1.807) is 13.0 Å². The third kappa shape index (κ3) is 17.8. The van der Waals surface area contributed by atoms with Gasteiger partial charge in [0.1, 0.15) is 6.61 Å². The van der Waals surface area contributed by atoms with E-state index in [-0.39, 0.29) is 30.1 Å². The summed E-state index contributed by atoms with van der Waals surface area (Å²) >= 11 is 0. The van der Waals surface area contributed by atoms with Crippen LogP contribution in [0.4, 0.5) is 0 Å². The van der Waals surface area contributed by atoms with Crippen LogP contribution in [-0.2, 0) is 28.5 Å². The summed E-state index contributed by atoms with van der Waals surface area (Å²) in [6.45, 7) is 9.29. The lowest BCUT2D eigenvalue weighted by Gasteiger charge is -2.42. The van der Waals surface area contributed by atoms with Gasteiger partial charge in [0, 0.05) is 25.3 Å². The van der Waals surface area contributed by atoms with Crippen LogP contribution >= 0.6 is 0 Å². The normalized spacial score (nSPS) is 20.5. The molecular weight excluding hydrogens is 711 g/mol. The molecular formula is C45H77N3O8. The summed E-state index contributed by atoms with van der Waals surface area (Å²) in [5.41, 5.74) is 8.06. The van der Waals surface area contributed by atoms with Crippen molar-refractivity contribution in [1.29, 1.82) is 0 Å². The largest absolute Gasteiger partial charge is 0.462 e. The molecule has 4 N–H and O–H groups in total. The number of rotatable bonds is 31. The number of hydrogen-bond donors (Lipinski definition) is 3. The quantitative estimate of drug-likeness (QED) is 0.0353. The maximum absolute atomic E-state index is 13.9. The van der Waals surface area contributed by atoms with Crippen LogP contribution in [-0.4, -0.2) is 89.5 Å². The molecule has 2 fully saturated rings. The summed E-state index contributed by atoms with van der Waals surface area (Å²) in [6, 6.07) is -0.196. The summed E-state index contributed by atoms with van der Waals surface area (Å²) in [5.74, 6) is -0.724. The maximum Gasteiger partial charge on any atom is 0.337 e. The monoisotopic (exact) mass is 788 g/mol. The summed E-state index contributed by atoms with van der Waals surface area (Å²) < 4.78 is 23.7. The average Bonchev–Trinajstić information content (AvgIpc) is 3.60. The van der Waals surface area contributed by atoms with Gasteiger partial charge in [-0.25, -0.2) is 9.79 Å². The molecule has 0 bridgehead atoms. The molecule has 0 aromatic heterocycles. The van der Waals surface area contributed by atoms with Gasteiger partial charge in [-0.15, -0.1) is 0 Å². The SMILES string of the molecule is C=CCOC(=O)CCCCCCCCCCCCCCCOC(=O)C1=C(CCCC[C@@H](C)O)N=C(N)N2[C@H](CC3(CC/C=C\[C@@H](O)CC)OCCCO3)CC[C@@H]12. The molecule has 3 heterocycles. The van der Waals surface area contributed by atoms with Gasteiger partial charge in [-0.3, -0.25) is 4.79 Å². The molecule has 2 saturated heterocycles. The van der Waals surface area contributed by atoms with Crippen LogP contribution in [0.5, 0.6) is 0 Å². The zero-order valence-electron chi connectivity index (χ0n) is 35.1. The van der Waals surface area contributed by atoms with Gasteiger partial charge in [0.15, 0.2) is 11.7 Å². The number of fused-ring (bicyclic) bond motifs is 1. The van der Waals surface area contributed by atoms with Crippen LogP contribution in [0.3, 0.4) is 0 Å². The second-order valence-electron chi connectivity index (χ2n) is 16.1. The number of aliphatic hydroxyl groups is 2. The van der Waals surface area contributed by atoms with Crippen molar-refractivity contribution < 1.29 is 38.7 Å². The number of allylic oxidation sites excluding steroid dienone is 2. The molecule has 3 rings (SSSR count). The Morgan fingerprint density at radius 1 is 0.946 bits per heavy atom. The lowest BCUT2D eigenvalue weighted by Crippen LogP contribution is -2.53. The van der Waals surface area contributed by atoms with Crippen molar-refractivity contribution in [3.8, 4) is 0 Å². The molecule has 0 aromatic rings. The van der Waals surface area contributed by atoms with Crippen molar-refractivity contribution in [1.82, 2.24) is 4.90 Å². The molecule has 320 valence electrons. The van der Waals surface area contributed by atoms with Crippen LogP contribution in [0, 0.1) is 0 Å². The number of nitrogens with two attached hydrogens (primary N) is 1. The number of ether oxygens (including phenoxy) is 4. The second kappa shape index (κ2) is 27.8. The number of aliphatic hydroxyl groups excluding tert-OH is 2. The fraction of sp³-hybridized carbons (Fsp3) is 0.800. The van der Waals surface area contributed by atoms with E-state index >= 15 is 0 Å². The summed E-state index contributed by atoms with van der Waals surface area (Å²) in [5, 5.41) is 19.8. The Kier molecular flexibility index (Phi) is 23.7. The Labute approximate surface area is 338 Å². The van der Waals surface area contributed by atoms with Crippen LogP contribution in [0.1, 0.15) is 174 Å². The van der Waals surface area contributed by atoms with Gasteiger partial charge < -0.3 is 39.8 Å². The number of guanidine groups is 1. The predicted octanol–water partition coefficient (Wildman–Crippen LogP) is 8.71. The van der Waals surface area contributed by atoms with Crippen LogP contribution in [0.25, 0.3) is 0 Å². The third-order valence-corrected chi connectivity index (χ3v) is 11.3. The fourth-order valence-electron chi connectivity index (χ4n) is 8.15. The van der Waals surface area contributed by atoms with Gasteiger partial charge >= 0.3 is 11.9 Å². The highest BCUT2D eigenvalue weighted by Crippen LogP contribution is 2.41. The highest BCUT2D eigenvalue weighted by molar-refractivity contribution is 5.95. The van der Waals surface area contributed by atoms with E-state index < -0.39 is 11.9 Å². The molecule has 11 heteroatoms. The molecule has 11 nitrogen and oxygen atoms in total. The molecule has 0 unspecified atom stereocenters. The molecule has 56 heavy (non-hydrogen) atoms. The van der Waals surface area contributed by atoms with Crippen LogP contribution in [0.2, 0.25) is 0 Å². The minimum atomic E-state index is -0.753. The Morgan fingerprint density at radius 3 is 2.21 bits per heavy atom. The van der Waals surface area contributed by atoms with Crippen molar-refractivity contribution in [2.24, 2.45) is 10.7 Å². The Hall–Kier alpha value is -2.73. The lowest BCUT2D eigenvalue weighted by molar-refractivity contribution is -0.276. The average molecular weight is 788 g/mol. The summed E-state index contributed by atoms with van der Waals surface area (Å²) in [7, 11) is 0. The molecule has 0 aliphatic carbocycles. The minimum absolute atomic E-state index is 0.00284. The fourth-order valence-corrected chi connectivity index (χ4v) is 8.15. The van der Waals surface area contributed by atoms with Crippen LogP contribution in [0.15, 0.2) is 41.1 Å². The van der Waals surface area contributed by atoms with Gasteiger partial charge in [-0.05, 0) is 71.1 Å². The smallest absolute Gasteiger partial charge is 0.337 e. The summed E-state index contributed by atoms with van der Waals surface area (Å²) in [4.78, 5) is 32.3. The highest BCUT2D eigenvalue weighted by Gasteiger charge is 2.47. The molecule has 4 atom stereocenters. The first kappa shape index (κ1) is 47.6. The predicted molar refractivity (Wildman–Crippen MR) is 223 cm³/mol. The molecule has 3 aliphatic rings. The zero-order chi connectivity index (χ0) is 40.4. The topological polar surface area (TPSA) is 153 Å². The van der Waals surface area contributed by atoms with E-state index in [0.29, 0.717) is 76.5 Å². The molecule has 0 spiro atoms. The van der Waals surface area contributed by atoms with E-state index in [1.807, 2.05) is 19.1 Å². The van der Waals surface area contributed by atoms with Gasteiger partial charge in [0.2, 0.25) is 0 Å². The van der Waals surface area contributed by atoms with E-state index in [2.05, 4.69) is 11.5 Å². The molecule has 3 aliphatic heterocycles. The van der Waals surface area contributed by atoms with Crippen LogP contribution < -0.4 is 5.73 Å². The number of carbonyl (C=O) groups is 2. The van der Waals surface area contributed by atoms with E-state index in [4.69, 9.17) is 29.7 Å². The molecule has 0 aromatic carbocycles. The molecule has 0 amide bonds. The van der Waals surface area contributed by atoms with E-state index in [0.717, 1.165) is 76.3 Å². The zero-order valence-corrected chi connectivity index (χ0v) is 35.1.